The summed E-state index contributed by atoms with van der Waals surface area (Å²) in [6.45, 7) is 11.0. The average Bonchev–Trinajstić information content (AvgIpc) is 1.83. The third-order valence-electron chi connectivity index (χ3n) is 3.68. The van der Waals surface area contributed by atoms with Gasteiger partial charge in [-0.25, -0.2) is 0 Å². The molecule has 1 atom stereocenters. The number of hydrogen-bond acceptors (Lipinski definition) is 1. The van der Waals surface area contributed by atoms with Gasteiger partial charge in [-0.05, 0) is 0 Å². The van der Waals surface area contributed by atoms with Crippen LogP contribution in [-0.4, -0.2) is 31.2 Å². The fraction of sp³-hybridized carbons (Fsp3) is 0.889. The molecule has 1 aliphatic heterocycles. The summed E-state index contributed by atoms with van der Waals surface area (Å²) in [6, 6.07) is 0. The molecule has 1 nitrogen and oxygen atoms in total. The Morgan fingerprint density at radius 1 is 1.27 bits per heavy atom. The van der Waals surface area contributed by atoms with E-state index in [9.17, 15) is 4.79 Å². The molecule has 0 aromatic heterocycles. The van der Waals surface area contributed by atoms with Crippen molar-refractivity contribution in [3.05, 3.63) is 0 Å². The van der Waals surface area contributed by atoms with E-state index < -0.39 is 6.60 Å². The van der Waals surface area contributed by atoms with Crippen molar-refractivity contribution >= 4 is 12.1 Å². The number of carbonyl (C=O) groups is 1. The van der Waals surface area contributed by atoms with Crippen LogP contribution in [0.1, 0.15) is 20.8 Å². The molecule has 0 saturated carbocycles. The number of carbonyl (C=O) groups excluding carboxylic acids is 1. The summed E-state index contributed by atoms with van der Waals surface area (Å²) in [5.41, 5.74) is 1.08. The Hall–Kier alpha value is 0.100. The molecular formula is C9H19OP. The van der Waals surface area contributed by atoms with Gasteiger partial charge in [0.1, 0.15) is 0 Å². The van der Waals surface area contributed by atoms with Gasteiger partial charge in [-0.2, -0.15) is 0 Å². The van der Waals surface area contributed by atoms with Crippen LogP contribution in [0.15, 0.2) is 0 Å². The predicted molar refractivity (Wildman–Crippen MR) is 52.9 cm³/mol. The zero-order valence-electron chi connectivity index (χ0n) is 8.43. The Balaban J connectivity index is 3.09. The molecule has 0 radical (unpaired) electrons. The van der Waals surface area contributed by atoms with Gasteiger partial charge in [0.05, 0.1) is 0 Å². The maximum atomic E-state index is 11.8. The van der Waals surface area contributed by atoms with Crippen LogP contribution in [0.25, 0.3) is 0 Å². The van der Waals surface area contributed by atoms with Gasteiger partial charge < -0.3 is 0 Å². The van der Waals surface area contributed by atoms with Gasteiger partial charge in [0.15, 0.2) is 0 Å². The van der Waals surface area contributed by atoms with Crippen molar-refractivity contribution in [3.8, 4) is 0 Å². The first-order chi connectivity index (χ1) is 4.59. The molecule has 1 unspecified atom stereocenters. The van der Waals surface area contributed by atoms with E-state index in [-0.39, 0.29) is 5.41 Å². The normalized spacial score (nSPS) is 41.8. The molecule has 1 fully saturated rings. The van der Waals surface area contributed by atoms with Crippen LogP contribution >= 0.6 is 6.60 Å². The molecule has 0 spiro atoms. The minimum atomic E-state index is -1.89. The number of rotatable bonds is 0. The van der Waals surface area contributed by atoms with Gasteiger partial charge in [-0.15, -0.1) is 0 Å². The van der Waals surface area contributed by atoms with E-state index in [1.807, 2.05) is 0 Å². The Labute approximate surface area is 69.5 Å². The molecule has 1 aliphatic rings. The predicted octanol–water partition coefficient (Wildman–Crippen LogP) is 2.38. The van der Waals surface area contributed by atoms with Crippen LogP contribution in [0.2, 0.25) is 0 Å². The quantitative estimate of drug-likeness (QED) is 0.515. The first-order valence-electron chi connectivity index (χ1n) is 4.14. The van der Waals surface area contributed by atoms with E-state index in [2.05, 4.69) is 40.8 Å². The SMILES string of the molecule is CC1C(C)(C)C(=O)P1(C)(C)C. The summed E-state index contributed by atoms with van der Waals surface area (Å²) >= 11 is 0. The van der Waals surface area contributed by atoms with Gasteiger partial charge in [0.25, 0.3) is 0 Å². The third kappa shape index (κ3) is 0.839. The van der Waals surface area contributed by atoms with Crippen molar-refractivity contribution in [2.24, 2.45) is 5.41 Å². The van der Waals surface area contributed by atoms with Crippen molar-refractivity contribution in [1.29, 1.82) is 0 Å². The van der Waals surface area contributed by atoms with E-state index >= 15 is 0 Å². The first-order valence-corrected chi connectivity index (χ1v) is 7.79. The molecule has 0 aromatic carbocycles. The monoisotopic (exact) mass is 174 g/mol. The summed E-state index contributed by atoms with van der Waals surface area (Å²) in [7, 11) is 0. The van der Waals surface area contributed by atoms with Gasteiger partial charge in [-0.1, -0.05) is 0 Å². The molecule has 1 saturated heterocycles. The molecule has 1 heterocycles. The zero-order valence-corrected chi connectivity index (χ0v) is 9.33. The fourth-order valence-electron chi connectivity index (χ4n) is 2.45. The Bertz CT molecular complexity index is 219. The Morgan fingerprint density at radius 2 is 1.64 bits per heavy atom. The van der Waals surface area contributed by atoms with Crippen molar-refractivity contribution in [3.63, 3.8) is 0 Å². The van der Waals surface area contributed by atoms with E-state index in [4.69, 9.17) is 0 Å². The summed E-state index contributed by atoms with van der Waals surface area (Å²) in [5, 5.41) is 0. The summed E-state index contributed by atoms with van der Waals surface area (Å²) in [4.78, 5) is 11.8. The van der Waals surface area contributed by atoms with Gasteiger partial charge in [0.2, 0.25) is 0 Å². The van der Waals surface area contributed by atoms with E-state index in [0.717, 1.165) is 0 Å². The molecule has 11 heavy (non-hydrogen) atoms. The molecule has 0 aliphatic carbocycles. The van der Waals surface area contributed by atoms with E-state index in [0.29, 0.717) is 11.2 Å². The summed E-state index contributed by atoms with van der Waals surface area (Å²) < 4.78 is 0. The summed E-state index contributed by atoms with van der Waals surface area (Å²) in [5.74, 6) is 0. The van der Waals surface area contributed by atoms with E-state index in [1.165, 1.54) is 0 Å². The van der Waals surface area contributed by atoms with Crippen LogP contribution in [0.5, 0.6) is 0 Å². The summed E-state index contributed by atoms with van der Waals surface area (Å²) in [6.07, 6.45) is 0. The zero-order chi connectivity index (χ0) is 9.10. The standard InChI is InChI=1S/C9H19OP/c1-7-9(2,3)8(10)11(7,4,5)6/h7H,1-6H3. The molecular weight excluding hydrogens is 155 g/mol. The Morgan fingerprint density at radius 3 is 1.73 bits per heavy atom. The number of hydrogen-bond donors (Lipinski definition) is 0. The topological polar surface area (TPSA) is 17.1 Å². The molecule has 0 amide bonds. The second kappa shape index (κ2) is 1.71. The molecule has 2 heteroatoms. The van der Waals surface area contributed by atoms with Crippen LogP contribution in [0.4, 0.5) is 0 Å². The maximum absolute atomic E-state index is 11.8. The van der Waals surface area contributed by atoms with Crippen LogP contribution in [0.3, 0.4) is 0 Å². The second-order valence-electron chi connectivity index (χ2n) is 5.62. The van der Waals surface area contributed by atoms with Gasteiger partial charge >= 0.3 is 68.8 Å². The van der Waals surface area contributed by atoms with Gasteiger partial charge in [-0.3, -0.25) is 0 Å². The minimum absolute atomic E-state index is 0.0456. The van der Waals surface area contributed by atoms with Crippen LogP contribution in [-0.2, 0) is 4.79 Å². The molecule has 66 valence electrons. The van der Waals surface area contributed by atoms with Crippen molar-refractivity contribution in [1.82, 2.24) is 0 Å². The Kier molecular flexibility index (Phi) is 1.43. The molecule has 0 aromatic rings. The van der Waals surface area contributed by atoms with Crippen LogP contribution in [0, 0.1) is 5.41 Å². The second-order valence-corrected chi connectivity index (χ2v) is 12.6. The molecule has 0 bridgehead atoms. The van der Waals surface area contributed by atoms with Crippen molar-refractivity contribution < 1.29 is 4.79 Å². The third-order valence-corrected chi connectivity index (χ3v) is 9.06. The fourth-order valence-corrected chi connectivity index (χ4v) is 7.23. The van der Waals surface area contributed by atoms with Crippen LogP contribution < -0.4 is 0 Å². The first kappa shape index (κ1) is 9.19. The van der Waals surface area contributed by atoms with Crippen molar-refractivity contribution in [2.45, 2.75) is 26.4 Å². The molecule has 0 N–H and O–H groups in total. The van der Waals surface area contributed by atoms with Gasteiger partial charge in [0, 0.05) is 0 Å². The van der Waals surface area contributed by atoms with E-state index in [1.54, 1.807) is 0 Å². The average molecular weight is 174 g/mol. The van der Waals surface area contributed by atoms with Crippen molar-refractivity contribution in [2.75, 3.05) is 20.0 Å². The molecule has 1 rings (SSSR count).